The topological polar surface area (TPSA) is 37.8 Å². The van der Waals surface area contributed by atoms with E-state index >= 15 is 0 Å². The summed E-state index contributed by atoms with van der Waals surface area (Å²) in [4.78, 5) is 7.83. The highest BCUT2D eigenvalue weighted by atomic mass is 79.9. The number of aromatic nitrogens is 2. The lowest BCUT2D eigenvalue weighted by Crippen LogP contribution is -1.94. The zero-order valence-corrected chi connectivity index (χ0v) is 9.96. The fraction of sp³-hybridized carbons (Fsp3) is 0. The summed E-state index contributed by atoms with van der Waals surface area (Å²) in [6.45, 7) is 0. The molecule has 0 aliphatic heterocycles. The molecule has 1 heterocycles. The standard InChI is InChI=1S/C10H7BrClN3/c11-7-2-1-3-8(6-7)14-9-4-5-13-10(12)15-9/h1-6H,(H,13,14,15). The van der Waals surface area contributed by atoms with E-state index in [2.05, 4.69) is 31.2 Å². The monoisotopic (exact) mass is 283 g/mol. The molecule has 0 unspecified atom stereocenters. The molecule has 0 saturated carbocycles. The van der Waals surface area contributed by atoms with E-state index in [4.69, 9.17) is 11.6 Å². The van der Waals surface area contributed by atoms with Crippen LogP contribution in [0.15, 0.2) is 41.0 Å². The zero-order valence-electron chi connectivity index (χ0n) is 7.61. The van der Waals surface area contributed by atoms with Gasteiger partial charge < -0.3 is 5.32 Å². The Balaban J connectivity index is 2.22. The van der Waals surface area contributed by atoms with Crippen molar-refractivity contribution in [3.05, 3.63) is 46.3 Å². The Hall–Kier alpha value is -1.13. The Labute approximate surface area is 101 Å². The summed E-state index contributed by atoms with van der Waals surface area (Å²) < 4.78 is 1.01. The van der Waals surface area contributed by atoms with Gasteiger partial charge in [-0.05, 0) is 35.9 Å². The molecule has 0 spiro atoms. The molecule has 0 bridgehead atoms. The molecule has 2 aromatic rings. The van der Waals surface area contributed by atoms with Gasteiger partial charge in [0, 0.05) is 16.4 Å². The molecule has 0 fully saturated rings. The maximum atomic E-state index is 5.67. The fourth-order valence-electron chi connectivity index (χ4n) is 1.12. The molecule has 0 aliphatic carbocycles. The molecule has 0 amide bonds. The number of rotatable bonds is 2. The highest BCUT2D eigenvalue weighted by Crippen LogP contribution is 2.19. The number of halogens is 2. The lowest BCUT2D eigenvalue weighted by atomic mass is 10.3. The van der Waals surface area contributed by atoms with E-state index in [-0.39, 0.29) is 5.28 Å². The predicted octanol–water partition coefficient (Wildman–Crippen LogP) is 3.64. The second kappa shape index (κ2) is 4.59. The predicted molar refractivity (Wildman–Crippen MR) is 64.5 cm³/mol. The lowest BCUT2D eigenvalue weighted by molar-refractivity contribution is 1.17. The van der Waals surface area contributed by atoms with Crippen LogP contribution >= 0.6 is 27.5 Å². The van der Waals surface area contributed by atoms with Crippen LogP contribution in [0.5, 0.6) is 0 Å². The van der Waals surface area contributed by atoms with E-state index in [1.54, 1.807) is 12.3 Å². The maximum absolute atomic E-state index is 5.67. The van der Waals surface area contributed by atoms with Crippen LogP contribution in [0.2, 0.25) is 5.28 Å². The molecule has 0 atom stereocenters. The lowest BCUT2D eigenvalue weighted by Gasteiger charge is -2.05. The summed E-state index contributed by atoms with van der Waals surface area (Å²) in [6.07, 6.45) is 1.61. The van der Waals surface area contributed by atoms with Crippen molar-refractivity contribution in [1.29, 1.82) is 0 Å². The minimum Gasteiger partial charge on any atom is -0.340 e. The van der Waals surface area contributed by atoms with Crippen LogP contribution in [0.25, 0.3) is 0 Å². The average Bonchev–Trinajstić information content (AvgIpc) is 2.17. The molecule has 1 aromatic carbocycles. The van der Waals surface area contributed by atoms with Crippen molar-refractivity contribution in [2.45, 2.75) is 0 Å². The molecule has 0 saturated heterocycles. The van der Waals surface area contributed by atoms with E-state index in [0.717, 1.165) is 10.2 Å². The molecule has 3 nitrogen and oxygen atoms in total. The summed E-state index contributed by atoms with van der Waals surface area (Å²) in [6, 6.07) is 9.55. The van der Waals surface area contributed by atoms with Gasteiger partial charge in [-0.25, -0.2) is 9.97 Å². The first-order chi connectivity index (χ1) is 7.24. The Bertz CT molecular complexity index is 432. The molecule has 0 radical (unpaired) electrons. The largest absolute Gasteiger partial charge is 0.340 e. The van der Waals surface area contributed by atoms with E-state index in [1.165, 1.54) is 0 Å². The van der Waals surface area contributed by atoms with Crippen molar-refractivity contribution in [2.75, 3.05) is 5.32 Å². The second-order valence-corrected chi connectivity index (χ2v) is 4.10. The minimum atomic E-state index is 0.231. The van der Waals surface area contributed by atoms with Gasteiger partial charge in [-0.1, -0.05) is 22.0 Å². The van der Waals surface area contributed by atoms with E-state index < -0.39 is 0 Å². The van der Waals surface area contributed by atoms with Gasteiger partial charge in [0.1, 0.15) is 5.82 Å². The third kappa shape index (κ3) is 2.91. The third-order valence-corrected chi connectivity index (χ3v) is 2.40. The van der Waals surface area contributed by atoms with Gasteiger partial charge in [-0.2, -0.15) is 0 Å². The normalized spacial score (nSPS) is 10.0. The highest BCUT2D eigenvalue weighted by Gasteiger charge is 1.97. The fourth-order valence-corrected chi connectivity index (χ4v) is 1.67. The SMILES string of the molecule is Clc1nccc(Nc2cccc(Br)c2)n1. The molecule has 5 heteroatoms. The van der Waals surface area contributed by atoms with Crippen LogP contribution in [-0.4, -0.2) is 9.97 Å². The molecular weight excluding hydrogens is 277 g/mol. The van der Waals surface area contributed by atoms with Gasteiger partial charge in [0.2, 0.25) is 5.28 Å². The van der Waals surface area contributed by atoms with Crippen LogP contribution in [0.3, 0.4) is 0 Å². The smallest absolute Gasteiger partial charge is 0.224 e. The third-order valence-electron chi connectivity index (χ3n) is 1.72. The number of benzene rings is 1. The summed E-state index contributed by atoms with van der Waals surface area (Å²) >= 11 is 9.06. The number of hydrogen-bond acceptors (Lipinski definition) is 3. The van der Waals surface area contributed by atoms with Crippen molar-refractivity contribution in [3.8, 4) is 0 Å². The number of hydrogen-bond donors (Lipinski definition) is 1. The van der Waals surface area contributed by atoms with Crippen LogP contribution < -0.4 is 5.32 Å². The van der Waals surface area contributed by atoms with Crippen LogP contribution in [0.4, 0.5) is 11.5 Å². The Morgan fingerprint density at radius 3 is 2.87 bits per heavy atom. The maximum Gasteiger partial charge on any atom is 0.224 e. The molecule has 1 N–H and O–H groups in total. The quantitative estimate of drug-likeness (QED) is 0.856. The summed E-state index contributed by atoms with van der Waals surface area (Å²) in [5.41, 5.74) is 0.944. The first kappa shape index (κ1) is 10.4. The molecule has 1 aromatic heterocycles. The van der Waals surface area contributed by atoms with Crippen LogP contribution in [0, 0.1) is 0 Å². The van der Waals surface area contributed by atoms with Gasteiger partial charge >= 0.3 is 0 Å². The van der Waals surface area contributed by atoms with Crippen molar-refractivity contribution in [3.63, 3.8) is 0 Å². The first-order valence-electron chi connectivity index (χ1n) is 4.25. The van der Waals surface area contributed by atoms with Crippen molar-refractivity contribution < 1.29 is 0 Å². The minimum absolute atomic E-state index is 0.231. The number of nitrogens with one attached hydrogen (secondary N) is 1. The molecule has 0 aliphatic rings. The Kier molecular flexibility index (Phi) is 3.18. The summed E-state index contributed by atoms with van der Waals surface area (Å²) in [7, 11) is 0. The molecule has 76 valence electrons. The van der Waals surface area contributed by atoms with Crippen LogP contribution in [-0.2, 0) is 0 Å². The van der Waals surface area contributed by atoms with Crippen molar-refractivity contribution in [1.82, 2.24) is 9.97 Å². The second-order valence-electron chi connectivity index (χ2n) is 2.85. The van der Waals surface area contributed by atoms with E-state index in [0.29, 0.717) is 5.82 Å². The van der Waals surface area contributed by atoms with Crippen molar-refractivity contribution >= 4 is 39.0 Å². The summed E-state index contributed by atoms with van der Waals surface area (Å²) in [5, 5.41) is 3.35. The van der Waals surface area contributed by atoms with Gasteiger partial charge in [0.05, 0.1) is 0 Å². The first-order valence-corrected chi connectivity index (χ1v) is 5.42. The summed E-state index contributed by atoms with van der Waals surface area (Å²) in [5.74, 6) is 0.674. The Morgan fingerprint density at radius 2 is 2.13 bits per heavy atom. The van der Waals surface area contributed by atoms with Gasteiger partial charge in [-0.15, -0.1) is 0 Å². The molecule has 15 heavy (non-hydrogen) atoms. The highest BCUT2D eigenvalue weighted by molar-refractivity contribution is 9.10. The average molecular weight is 285 g/mol. The van der Waals surface area contributed by atoms with Crippen LogP contribution in [0.1, 0.15) is 0 Å². The van der Waals surface area contributed by atoms with Crippen molar-refractivity contribution in [2.24, 2.45) is 0 Å². The van der Waals surface area contributed by atoms with E-state index in [9.17, 15) is 0 Å². The zero-order chi connectivity index (χ0) is 10.7. The Morgan fingerprint density at radius 1 is 1.27 bits per heavy atom. The van der Waals surface area contributed by atoms with E-state index in [1.807, 2.05) is 24.3 Å². The molecular formula is C10H7BrClN3. The molecule has 2 rings (SSSR count). The van der Waals surface area contributed by atoms with Gasteiger partial charge in [0.25, 0.3) is 0 Å². The number of nitrogens with zero attached hydrogens (tertiary/aromatic N) is 2. The van der Waals surface area contributed by atoms with Gasteiger partial charge in [0.15, 0.2) is 0 Å². The van der Waals surface area contributed by atoms with Gasteiger partial charge in [-0.3, -0.25) is 0 Å². The number of anilines is 2.